The molecule has 0 aliphatic carbocycles. The Labute approximate surface area is 139 Å². The number of ketones is 1. The Morgan fingerprint density at radius 2 is 1.70 bits per heavy atom. The van der Waals surface area contributed by atoms with E-state index in [0.29, 0.717) is 0 Å². The third-order valence-electron chi connectivity index (χ3n) is 4.07. The molecule has 0 bridgehead atoms. The highest BCUT2D eigenvalue weighted by atomic mass is 16.1. The maximum Gasteiger partial charge on any atom is 0.185 e. The molecule has 0 radical (unpaired) electrons. The third-order valence-corrected chi connectivity index (χ3v) is 4.07. The maximum atomic E-state index is 12.3. The molecular formula is C21H25NO. The number of rotatable bonds is 7. The molecule has 0 saturated carbocycles. The number of carbonyl (C=O) groups is 1. The standard InChI is InChI=1S/C21H25NO/c1-4-17-8-7-9-18(16-17)10-15-21(23)19-11-13-20(14-12-19)22(5-2)6-3/h7-16H,4-6H2,1-3H3. The summed E-state index contributed by atoms with van der Waals surface area (Å²) in [5, 5.41) is 0. The fourth-order valence-electron chi connectivity index (χ4n) is 2.61. The van der Waals surface area contributed by atoms with E-state index in [0.717, 1.165) is 36.3 Å². The minimum Gasteiger partial charge on any atom is -0.372 e. The molecule has 0 saturated heterocycles. The first-order chi connectivity index (χ1) is 11.2. The van der Waals surface area contributed by atoms with Crippen molar-refractivity contribution in [3.05, 3.63) is 71.3 Å². The summed E-state index contributed by atoms with van der Waals surface area (Å²) in [4.78, 5) is 14.6. The lowest BCUT2D eigenvalue weighted by molar-refractivity contribution is 0.104. The van der Waals surface area contributed by atoms with Gasteiger partial charge in [-0.25, -0.2) is 0 Å². The topological polar surface area (TPSA) is 20.3 Å². The number of anilines is 1. The molecule has 2 aromatic rings. The summed E-state index contributed by atoms with van der Waals surface area (Å²) in [6.07, 6.45) is 4.55. The molecule has 0 heterocycles. The van der Waals surface area contributed by atoms with Crippen LogP contribution < -0.4 is 4.90 Å². The molecule has 0 aliphatic heterocycles. The molecule has 0 atom stereocenters. The van der Waals surface area contributed by atoms with Gasteiger partial charge in [0.1, 0.15) is 0 Å². The Hall–Kier alpha value is -2.35. The van der Waals surface area contributed by atoms with Gasteiger partial charge in [-0.05, 0) is 61.7 Å². The Morgan fingerprint density at radius 3 is 2.30 bits per heavy atom. The second-order valence-corrected chi connectivity index (χ2v) is 5.52. The normalized spacial score (nSPS) is 10.9. The minimum absolute atomic E-state index is 0.0398. The van der Waals surface area contributed by atoms with E-state index in [1.165, 1.54) is 5.56 Å². The monoisotopic (exact) mass is 307 g/mol. The number of benzene rings is 2. The van der Waals surface area contributed by atoms with Gasteiger partial charge in [0.2, 0.25) is 0 Å². The van der Waals surface area contributed by atoms with Crippen molar-refractivity contribution in [3.63, 3.8) is 0 Å². The van der Waals surface area contributed by atoms with Crippen LogP contribution in [0, 0.1) is 0 Å². The average Bonchev–Trinajstić information content (AvgIpc) is 2.61. The van der Waals surface area contributed by atoms with Crippen molar-refractivity contribution < 1.29 is 4.79 Å². The van der Waals surface area contributed by atoms with E-state index in [-0.39, 0.29) is 5.78 Å². The minimum atomic E-state index is 0.0398. The molecular weight excluding hydrogens is 282 g/mol. The molecule has 23 heavy (non-hydrogen) atoms. The Balaban J connectivity index is 2.09. The number of hydrogen-bond acceptors (Lipinski definition) is 2. The van der Waals surface area contributed by atoms with E-state index in [1.807, 2.05) is 42.5 Å². The fourth-order valence-corrected chi connectivity index (χ4v) is 2.61. The second kappa shape index (κ2) is 8.33. The van der Waals surface area contributed by atoms with E-state index in [4.69, 9.17) is 0 Å². The van der Waals surface area contributed by atoms with E-state index >= 15 is 0 Å². The summed E-state index contributed by atoms with van der Waals surface area (Å²) in [6, 6.07) is 16.1. The van der Waals surface area contributed by atoms with Crippen LogP contribution in [0.15, 0.2) is 54.6 Å². The van der Waals surface area contributed by atoms with Gasteiger partial charge in [-0.15, -0.1) is 0 Å². The molecule has 2 aromatic carbocycles. The zero-order valence-electron chi connectivity index (χ0n) is 14.3. The SMILES string of the molecule is CCc1cccc(C=CC(=O)c2ccc(N(CC)CC)cc2)c1. The molecule has 0 unspecified atom stereocenters. The van der Waals surface area contributed by atoms with Crippen LogP contribution >= 0.6 is 0 Å². The average molecular weight is 307 g/mol. The van der Waals surface area contributed by atoms with Gasteiger partial charge in [-0.2, -0.15) is 0 Å². The quantitative estimate of drug-likeness (QED) is 0.530. The maximum absolute atomic E-state index is 12.3. The molecule has 2 heteroatoms. The van der Waals surface area contributed by atoms with Gasteiger partial charge in [-0.3, -0.25) is 4.79 Å². The van der Waals surface area contributed by atoms with Crippen LogP contribution in [0.2, 0.25) is 0 Å². The molecule has 0 fully saturated rings. The Bertz CT molecular complexity index is 666. The molecule has 120 valence electrons. The van der Waals surface area contributed by atoms with E-state index in [1.54, 1.807) is 6.08 Å². The summed E-state index contributed by atoms with van der Waals surface area (Å²) in [7, 11) is 0. The number of aryl methyl sites for hydroxylation is 1. The van der Waals surface area contributed by atoms with Gasteiger partial charge in [0.05, 0.1) is 0 Å². The summed E-state index contributed by atoms with van der Waals surface area (Å²) in [6.45, 7) is 8.34. The Kier molecular flexibility index (Phi) is 6.16. The van der Waals surface area contributed by atoms with Gasteiger partial charge in [0, 0.05) is 24.3 Å². The highest BCUT2D eigenvalue weighted by molar-refractivity contribution is 6.07. The van der Waals surface area contributed by atoms with Crippen molar-refractivity contribution >= 4 is 17.5 Å². The lowest BCUT2D eigenvalue weighted by Gasteiger charge is -2.20. The Morgan fingerprint density at radius 1 is 1.00 bits per heavy atom. The van der Waals surface area contributed by atoms with Crippen molar-refractivity contribution in [3.8, 4) is 0 Å². The first-order valence-corrected chi connectivity index (χ1v) is 8.34. The van der Waals surface area contributed by atoms with Crippen LogP contribution in [0.3, 0.4) is 0 Å². The second-order valence-electron chi connectivity index (χ2n) is 5.52. The van der Waals surface area contributed by atoms with Crippen LogP contribution in [0.25, 0.3) is 6.08 Å². The molecule has 2 rings (SSSR count). The van der Waals surface area contributed by atoms with Crippen LogP contribution in [-0.4, -0.2) is 18.9 Å². The lowest BCUT2D eigenvalue weighted by atomic mass is 10.1. The molecule has 0 aromatic heterocycles. The van der Waals surface area contributed by atoms with Gasteiger partial charge in [0.15, 0.2) is 5.78 Å². The van der Waals surface area contributed by atoms with Gasteiger partial charge in [-0.1, -0.05) is 37.3 Å². The van der Waals surface area contributed by atoms with Crippen molar-refractivity contribution in [2.45, 2.75) is 27.2 Å². The number of nitrogens with zero attached hydrogens (tertiary/aromatic N) is 1. The number of allylic oxidation sites excluding steroid dienone is 1. The predicted molar refractivity (Wildman–Crippen MR) is 99.2 cm³/mol. The third kappa shape index (κ3) is 4.56. The molecule has 0 aliphatic rings. The van der Waals surface area contributed by atoms with E-state index < -0.39 is 0 Å². The summed E-state index contributed by atoms with van der Waals surface area (Å²) in [5.74, 6) is 0.0398. The highest BCUT2D eigenvalue weighted by Gasteiger charge is 2.05. The number of hydrogen-bond donors (Lipinski definition) is 0. The van der Waals surface area contributed by atoms with Crippen LogP contribution in [-0.2, 0) is 6.42 Å². The van der Waals surface area contributed by atoms with Gasteiger partial charge < -0.3 is 4.90 Å². The predicted octanol–water partition coefficient (Wildman–Crippen LogP) is 4.99. The summed E-state index contributed by atoms with van der Waals surface area (Å²) >= 11 is 0. The van der Waals surface area contributed by atoms with E-state index in [9.17, 15) is 4.79 Å². The first-order valence-electron chi connectivity index (χ1n) is 8.34. The zero-order chi connectivity index (χ0) is 16.7. The largest absolute Gasteiger partial charge is 0.372 e. The molecule has 0 N–H and O–H groups in total. The van der Waals surface area contributed by atoms with Crippen molar-refractivity contribution in [2.24, 2.45) is 0 Å². The van der Waals surface area contributed by atoms with Crippen LogP contribution in [0.5, 0.6) is 0 Å². The van der Waals surface area contributed by atoms with Crippen molar-refractivity contribution in [2.75, 3.05) is 18.0 Å². The molecule has 2 nitrogen and oxygen atoms in total. The van der Waals surface area contributed by atoms with Crippen LogP contribution in [0.4, 0.5) is 5.69 Å². The zero-order valence-corrected chi connectivity index (χ0v) is 14.3. The highest BCUT2D eigenvalue weighted by Crippen LogP contribution is 2.16. The van der Waals surface area contributed by atoms with Crippen molar-refractivity contribution in [1.82, 2.24) is 0 Å². The smallest absolute Gasteiger partial charge is 0.185 e. The van der Waals surface area contributed by atoms with Gasteiger partial charge in [0.25, 0.3) is 0 Å². The van der Waals surface area contributed by atoms with E-state index in [2.05, 4.69) is 37.8 Å². The van der Waals surface area contributed by atoms with Crippen LogP contribution in [0.1, 0.15) is 42.3 Å². The van der Waals surface area contributed by atoms with Gasteiger partial charge >= 0.3 is 0 Å². The van der Waals surface area contributed by atoms with Crippen molar-refractivity contribution in [1.29, 1.82) is 0 Å². The summed E-state index contributed by atoms with van der Waals surface area (Å²) < 4.78 is 0. The fraction of sp³-hybridized carbons (Fsp3) is 0.286. The number of carbonyl (C=O) groups excluding carboxylic acids is 1. The molecule has 0 spiro atoms. The summed E-state index contributed by atoms with van der Waals surface area (Å²) in [5.41, 5.74) is 4.23. The molecule has 0 amide bonds. The first kappa shape index (κ1) is 17.0. The lowest BCUT2D eigenvalue weighted by Crippen LogP contribution is -2.21.